The number of thiophene rings is 1. The van der Waals surface area contributed by atoms with Gasteiger partial charge in [0, 0.05) is 11.7 Å². The summed E-state index contributed by atoms with van der Waals surface area (Å²) in [6, 6.07) is 10.6. The lowest BCUT2D eigenvalue weighted by atomic mass is 10.1. The van der Waals surface area contributed by atoms with Gasteiger partial charge in [-0.2, -0.15) is 0 Å². The van der Waals surface area contributed by atoms with E-state index >= 15 is 0 Å². The van der Waals surface area contributed by atoms with Gasteiger partial charge in [-0.3, -0.25) is 4.72 Å². The first-order valence-electron chi connectivity index (χ1n) is 6.54. The molecule has 1 unspecified atom stereocenters. The van der Waals surface area contributed by atoms with Crippen LogP contribution in [0.3, 0.4) is 0 Å². The van der Waals surface area contributed by atoms with Crippen molar-refractivity contribution in [2.45, 2.75) is 24.1 Å². The minimum Gasteiger partial charge on any atom is -0.310 e. The van der Waals surface area contributed by atoms with Crippen LogP contribution in [0.1, 0.15) is 25.5 Å². The maximum absolute atomic E-state index is 12.2. The maximum Gasteiger partial charge on any atom is 0.271 e. The molecule has 0 aliphatic carbocycles. The second-order valence-electron chi connectivity index (χ2n) is 4.57. The van der Waals surface area contributed by atoms with Crippen LogP contribution in [0.4, 0.5) is 5.69 Å². The van der Waals surface area contributed by atoms with E-state index in [1.165, 1.54) is 6.07 Å². The highest BCUT2D eigenvalue weighted by atomic mass is 35.5. The average molecular weight is 345 g/mol. The van der Waals surface area contributed by atoms with E-state index in [4.69, 9.17) is 11.6 Å². The van der Waals surface area contributed by atoms with Gasteiger partial charge in [-0.1, -0.05) is 30.7 Å². The number of halogens is 1. The molecule has 2 N–H and O–H groups in total. The molecule has 2 rings (SSSR count). The second kappa shape index (κ2) is 6.79. The van der Waals surface area contributed by atoms with E-state index in [1.54, 1.807) is 12.1 Å². The van der Waals surface area contributed by atoms with Gasteiger partial charge in [0.15, 0.2) is 0 Å². The molecular formula is C14H17ClN2O2S2. The highest BCUT2D eigenvalue weighted by molar-refractivity contribution is 7.94. The zero-order valence-corrected chi connectivity index (χ0v) is 14.1. The highest BCUT2D eigenvalue weighted by Gasteiger charge is 2.17. The molecule has 4 nitrogen and oxygen atoms in total. The first-order valence-corrected chi connectivity index (χ1v) is 9.21. The molecule has 21 heavy (non-hydrogen) atoms. The van der Waals surface area contributed by atoms with Crippen LogP contribution in [0.2, 0.25) is 4.34 Å². The minimum absolute atomic E-state index is 0.163. The molecular weight excluding hydrogens is 328 g/mol. The largest absolute Gasteiger partial charge is 0.310 e. The molecule has 0 fully saturated rings. The summed E-state index contributed by atoms with van der Waals surface area (Å²) in [5, 5.41) is 3.29. The zero-order valence-electron chi connectivity index (χ0n) is 11.8. The fourth-order valence-electron chi connectivity index (χ4n) is 1.94. The van der Waals surface area contributed by atoms with Crippen LogP contribution < -0.4 is 10.0 Å². The molecule has 1 atom stereocenters. The van der Waals surface area contributed by atoms with E-state index < -0.39 is 10.0 Å². The van der Waals surface area contributed by atoms with Gasteiger partial charge >= 0.3 is 0 Å². The Morgan fingerprint density at radius 2 is 2.05 bits per heavy atom. The molecule has 1 aromatic heterocycles. The van der Waals surface area contributed by atoms with Crippen molar-refractivity contribution in [3.05, 3.63) is 46.3 Å². The van der Waals surface area contributed by atoms with Crippen LogP contribution in [-0.2, 0) is 10.0 Å². The van der Waals surface area contributed by atoms with Crippen molar-refractivity contribution < 1.29 is 8.42 Å². The second-order valence-corrected chi connectivity index (χ2v) is 8.19. The lowest BCUT2D eigenvalue weighted by molar-refractivity contribution is 0.597. The summed E-state index contributed by atoms with van der Waals surface area (Å²) < 4.78 is 27.7. The lowest BCUT2D eigenvalue weighted by Crippen LogP contribution is -2.18. The Morgan fingerprint density at radius 1 is 1.29 bits per heavy atom. The summed E-state index contributed by atoms with van der Waals surface area (Å²) >= 11 is 6.82. The van der Waals surface area contributed by atoms with Crippen LogP contribution in [0.5, 0.6) is 0 Å². The number of hydrogen-bond donors (Lipinski definition) is 2. The van der Waals surface area contributed by atoms with Gasteiger partial charge in [-0.05, 0) is 43.3 Å². The van der Waals surface area contributed by atoms with Gasteiger partial charge in [-0.15, -0.1) is 11.3 Å². The molecule has 0 spiro atoms. The van der Waals surface area contributed by atoms with Crippen LogP contribution in [0.25, 0.3) is 0 Å². The molecule has 0 aliphatic rings. The summed E-state index contributed by atoms with van der Waals surface area (Å²) in [6.45, 7) is 4.92. The van der Waals surface area contributed by atoms with E-state index in [0.29, 0.717) is 10.0 Å². The monoisotopic (exact) mass is 344 g/mol. The first kappa shape index (κ1) is 16.3. The molecule has 0 saturated carbocycles. The number of sulfonamides is 1. The maximum atomic E-state index is 12.2. The van der Waals surface area contributed by atoms with Crippen molar-refractivity contribution in [1.82, 2.24) is 5.32 Å². The van der Waals surface area contributed by atoms with Crippen molar-refractivity contribution in [3.63, 3.8) is 0 Å². The molecule has 7 heteroatoms. The Bertz CT molecular complexity index is 713. The van der Waals surface area contributed by atoms with E-state index in [9.17, 15) is 8.42 Å². The predicted octanol–water partition coefficient (Wildman–Crippen LogP) is 3.87. The minimum atomic E-state index is -3.58. The predicted molar refractivity (Wildman–Crippen MR) is 88.7 cm³/mol. The first-order chi connectivity index (χ1) is 9.92. The third kappa shape index (κ3) is 4.20. The van der Waals surface area contributed by atoms with E-state index in [1.807, 2.05) is 32.0 Å². The lowest BCUT2D eigenvalue weighted by Gasteiger charge is -2.14. The molecule has 0 bridgehead atoms. The van der Waals surface area contributed by atoms with Gasteiger partial charge < -0.3 is 5.32 Å². The van der Waals surface area contributed by atoms with Crippen LogP contribution in [0.15, 0.2) is 40.6 Å². The molecule has 0 saturated heterocycles. The number of anilines is 1. The fraction of sp³-hybridized carbons (Fsp3) is 0.286. The third-order valence-electron chi connectivity index (χ3n) is 2.96. The normalized spacial score (nSPS) is 13.1. The van der Waals surface area contributed by atoms with Crippen molar-refractivity contribution in [1.29, 1.82) is 0 Å². The van der Waals surface area contributed by atoms with Crippen LogP contribution >= 0.6 is 22.9 Å². The number of benzene rings is 1. The summed E-state index contributed by atoms with van der Waals surface area (Å²) in [5.74, 6) is 0. The van der Waals surface area contributed by atoms with Gasteiger partial charge in [0.25, 0.3) is 10.0 Å². The van der Waals surface area contributed by atoms with Crippen LogP contribution in [-0.4, -0.2) is 15.0 Å². The van der Waals surface area contributed by atoms with E-state index in [2.05, 4.69) is 10.0 Å². The van der Waals surface area contributed by atoms with Crippen molar-refractivity contribution in [2.75, 3.05) is 11.3 Å². The Morgan fingerprint density at radius 3 is 2.67 bits per heavy atom. The topological polar surface area (TPSA) is 58.2 Å². The van der Waals surface area contributed by atoms with Gasteiger partial charge in [0.05, 0.1) is 4.34 Å². The summed E-state index contributed by atoms with van der Waals surface area (Å²) in [5.41, 5.74) is 1.57. The molecule has 1 heterocycles. The summed E-state index contributed by atoms with van der Waals surface area (Å²) in [4.78, 5) is 0. The van der Waals surface area contributed by atoms with E-state index in [-0.39, 0.29) is 10.3 Å². The van der Waals surface area contributed by atoms with Crippen LogP contribution in [0, 0.1) is 0 Å². The average Bonchev–Trinajstić information content (AvgIpc) is 2.86. The Labute approximate surface area is 134 Å². The Hall–Kier alpha value is -1.08. The van der Waals surface area contributed by atoms with Gasteiger partial charge in [0.1, 0.15) is 4.21 Å². The number of nitrogens with one attached hydrogen (secondary N) is 2. The Balaban J connectivity index is 2.21. The SMILES string of the molecule is CCNC(C)c1cccc(NS(=O)(=O)c2ccc(Cl)s2)c1. The molecule has 0 radical (unpaired) electrons. The standard InChI is InChI=1S/C14H17ClN2O2S2/c1-3-16-10(2)11-5-4-6-12(9-11)17-21(18,19)14-8-7-13(15)20-14/h4-10,16-17H,3H2,1-2H3. The molecule has 2 aromatic rings. The van der Waals surface area contributed by atoms with Gasteiger partial charge in [-0.25, -0.2) is 8.42 Å². The van der Waals surface area contributed by atoms with E-state index in [0.717, 1.165) is 23.4 Å². The highest BCUT2D eigenvalue weighted by Crippen LogP contribution is 2.27. The molecule has 114 valence electrons. The summed E-state index contributed by atoms with van der Waals surface area (Å²) in [7, 11) is -3.58. The quantitative estimate of drug-likeness (QED) is 0.836. The molecule has 1 aromatic carbocycles. The van der Waals surface area contributed by atoms with Crippen molar-refractivity contribution >= 4 is 38.6 Å². The third-order valence-corrected chi connectivity index (χ3v) is 6.07. The van der Waals surface area contributed by atoms with Gasteiger partial charge in [0.2, 0.25) is 0 Å². The molecule has 0 amide bonds. The number of hydrogen-bond acceptors (Lipinski definition) is 4. The Kier molecular flexibility index (Phi) is 5.27. The molecule has 0 aliphatic heterocycles. The number of rotatable bonds is 6. The van der Waals surface area contributed by atoms with Crippen molar-refractivity contribution in [3.8, 4) is 0 Å². The smallest absolute Gasteiger partial charge is 0.271 e. The summed E-state index contributed by atoms with van der Waals surface area (Å²) in [6.07, 6.45) is 0. The van der Waals surface area contributed by atoms with Crippen molar-refractivity contribution in [2.24, 2.45) is 0 Å². The fourth-order valence-corrected chi connectivity index (χ4v) is 4.48. The zero-order chi connectivity index (χ0) is 15.5.